The molecule has 5 nitrogen and oxygen atoms in total. The number of halogens is 1. The Hall–Kier alpha value is -2.21. The van der Waals surface area contributed by atoms with Crippen molar-refractivity contribution in [2.24, 2.45) is 5.41 Å². The topological polar surface area (TPSA) is 78.0 Å². The minimum atomic E-state index is -0.467. The third kappa shape index (κ3) is 4.25. The van der Waals surface area contributed by atoms with E-state index in [9.17, 15) is 14.3 Å². The molecule has 1 aromatic heterocycles. The molecule has 0 unspecified atom stereocenters. The number of aryl methyl sites for hydroxylation is 1. The molecule has 1 saturated carbocycles. The van der Waals surface area contributed by atoms with Crippen molar-refractivity contribution in [2.75, 3.05) is 6.54 Å². The largest absolute Gasteiger partial charge is 0.392 e. The SMILES string of the molecule is Cc1cc(CC(=O)NC[C@]2(Cc3ccc(F)cc3)CCC[C@H]2O)n[nH]1. The summed E-state index contributed by atoms with van der Waals surface area (Å²) in [6, 6.07) is 8.21. The third-order valence-electron chi connectivity index (χ3n) is 5.07. The van der Waals surface area contributed by atoms with Gasteiger partial charge in [-0.2, -0.15) is 5.10 Å². The normalized spacial score (nSPS) is 22.9. The fourth-order valence-electron chi connectivity index (χ4n) is 3.67. The van der Waals surface area contributed by atoms with Crippen molar-refractivity contribution in [3.8, 4) is 0 Å². The van der Waals surface area contributed by atoms with E-state index in [4.69, 9.17) is 0 Å². The third-order valence-corrected chi connectivity index (χ3v) is 5.07. The second-order valence-electron chi connectivity index (χ2n) is 7.07. The molecule has 1 heterocycles. The van der Waals surface area contributed by atoms with Crippen molar-refractivity contribution < 1.29 is 14.3 Å². The van der Waals surface area contributed by atoms with Crippen molar-refractivity contribution in [1.29, 1.82) is 0 Å². The van der Waals surface area contributed by atoms with Crippen LogP contribution in [0.25, 0.3) is 0 Å². The van der Waals surface area contributed by atoms with Gasteiger partial charge in [0.2, 0.25) is 5.91 Å². The van der Waals surface area contributed by atoms with Crippen LogP contribution >= 0.6 is 0 Å². The van der Waals surface area contributed by atoms with Crippen LogP contribution in [0.3, 0.4) is 0 Å². The van der Waals surface area contributed by atoms with E-state index in [1.54, 1.807) is 12.1 Å². The smallest absolute Gasteiger partial charge is 0.226 e. The lowest BCUT2D eigenvalue weighted by Crippen LogP contribution is -2.44. The molecule has 1 aliphatic carbocycles. The van der Waals surface area contributed by atoms with Gasteiger partial charge in [-0.3, -0.25) is 9.89 Å². The van der Waals surface area contributed by atoms with Crippen LogP contribution in [0, 0.1) is 18.2 Å². The maximum absolute atomic E-state index is 13.1. The second-order valence-corrected chi connectivity index (χ2v) is 7.07. The first-order valence-electron chi connectivity index (χ1n) is 8.67. The zero-order valence-electron chi connectivity index (χ0n) is 14.4. The van der Waals surface area contributed by atoms with E-state index in [0.29, 0.717) is 18.7 Å². The van der Waals surface area contributed by atoms with Gasteiger partial charge in [0.1, 0.15) is 5.82 Å². The fourth-order valence-corrected chi connectivity index (χ4v) is 3.67. The van der Waals surface area contributed by atoms with Crippen molar-refractivity contribution >= 4 is 5.91 Å². The van der Waals surface area contributed by atoms with E-state index in [1.807, 2.05) is 13.0 Å². The van der Waals surface area contributed by atoms with Gasteiger partial charge in [0.25, 0.3) is 0 Å². The summed E-state index contributed by atoms with van der Waals surface area (Å²) < 4.78 is 13.1. The van der Waals surface area contributed by atoms with Crippen molar-refractivity contribution in [3.63, 3.8) is 0 Å². The van der Waals surface area contributed by atoms with Gasteiger partial charge >= 0.3 is 0 Å². The molecule has 0 saturated heterocycles. The predicted octanol–water partition coefficient (Wildman–Crippen LogP) is 2.29. The van der Waals surface area contributed by atoms with Gasteiger partial charge in [-0.1, -0.05) is 18.6 Å². The summed E-state index contributed by atoms with van der Waals surface area (Å²) in [6.45, 7) is 2.30. The molecular weight excluding hydrogens is 321 g/mol. The second kappa shape index (κ2) is 7.35. The molecule has 3 N–H and O–H groups in total. The van der Waals surface area contributed by atoms with Crippen LogP contribution in [-0.4, -0.2) is 33.9 Å². The molecule has 1 aliphatic rings. The number of aliphatic hydroxyl groups excluding tert-OH is 1. The lowest BCUT2D eigenvalue weighted by atomic mass is 9.78. The van der Waals surface area contributed by atoms with Gasteiger partial charge < -0.3 is 10.4 Å². The van der Waals surface area contributed by atoms with Crippen LogP contribution in [0.4, 0.5) is 4.39 Å². The Morgan fingerprint density at radius 1 is 1.44 bits per heavy atom. The average molecular weight is 345 g/mol. The number of H-pyrrole nitrogens is 1. The van der Waals surface area contributed by atoms with E-state index >= 15 is 0 Å². The number of hydrogen-bond donors (Lipinski definition) is 3. The van der Waals surface area contributed by atoms with Gasteiger partial charge in [-0.15, -0.1) is 0 Å². The number of carbonyl (C=O) groups excluding carboxylic acids is 1. The van der Waals surface area contributed by atoms with Gasteiger partial charge in [0, 0.05) is 17.7 Å². The maximum Gasteiger partial charge on any atom is 0.226 e. The van der Waals surface area contributed by atoms with Crippen LogP contribution in [0.1, 0.15) is 36.2 Å². The van der Waals surface area contributed by atoms with Gasteiger partial charge in [-0.25, -0.2) is 4.39 Å². The number of amides is 1. The zero-order chi connectivity index (χ0) is 17.9. The van der Waals surface area contributed by atoms with Gasteiger partial charge in [0.05, 0.1) is 18.2 Å². The van der Waals surface area contributed by atoms with Crippen molar-refractivity contribution in [2.45, 2.75) is 45.1 Å². The molecule has 25 heavy (non-hydrogen) atoms. The van der Waals surface area contributed by atoms with Crippen LogP contribution in [0.5, 0.6) is 0 Å². The number of nitrogens with zero attached hydrogens (tertiary/aromatic N) is 1. The monoisotopic (exact) mass is 345 g/mol. The number of benzene rings is 1. The highest BCUT2D eigenvalue weighted by molar-refractivity contribution is 5.78. The Labute approximate surface area is 146 Å². The zero-order valence-corrected chi connectivity index (χ0v) is 14.4. The summed E-state index contributed by atoms with van der Waals surface area (Å²) in [5.41, 5.74) is 2.20. The van der Waals surface area contributed by atoms with E-state index < -0.39 is 11.5 Å². The lowest BCUT2D eigenvalue weighted by Gasteiger charge is -2.33. The highest BCUT2D eigenvalue weighted by Gasteiger charge is 2.42. The van der Waals surface area contributed by atoms with E-state index in [1.165, 1.54) is 12.1 Å². The van der Waals surface area contributed by atoms with Crippen molar-refractivity contribution in [1.82, 2.24) is 15.5 Å². The minimum Gasteiger partial charge on any atom is -0.392 e. The van der Waals surface area contributed by atoms with Crippen LogP contribution in [0.15, 0.2) is 30.3 Å². The summed E-state index contributed by atoms with van der Waals surface area (Å²) in [4.78, 5) is 12.2. The van der Waals surface area contributed by atoms with E-state index in [-0.39, 0.29) is 18.1 Å². The van der Waals surface area contributed by atoms with Gasteiger partial charge in [-0.05, 0) is 49.9 Å². The standard InChI is InChI=1S/C19H24FN3O2/c1-13-9-16(23-22-13)10-18(25)21-12-19(8-2-3-17(19)24)11-14-4-6-15(20)7-5-14/h4-7,9,17,24H,2-3,8,10-12H2,1H3,(H,21,25)(H,22,23)/t17-,19-/m1/s1. The number of aliphatic hydroxyl groups is 1. The highest BCUT2D eigenvalue weighted by atomic mass is 19.1. The number of rotatable bonds is 6. The summed E-state index contributed by atoms with van der Waals surface area (Å²) in [5.74, 6) is -0.378. The Bertz CT molecular complexity index is 729. The Morgan fingerprint density at radius 3 is 2.80 bits per heavy atom. The molecule has 1 fully saturated rings. The summed E-state index contributed by atoms with van der Waals surface area (Å²) >= 11 is 0. The molecule has 2 aromatic rings. The van der Waals surface area contributed by atoms with Crippen molar-refractivity contribution in [3.05, 3.63) is 53.1 Å². The highest BCUT2D eigenvalue weighted by Crippen LogP contribution is 2.40. The molecule has 0 radical (unpaired) electrons. The summed E-state index contributed by atoms with van der Waals surface area (Å²) in [6.07, 6.45) is 2.87. The molecule has 3 rings (SSSR count). The first-order valence-corrected chi connectivity index (χ1v) is 8.67. The maximum atomic E-state index is 13.1. The minimum absolute atomic E-state index is 0.107. The molecule has 1 aromatic carbocycles. The lowest BCUT2D eigenvalue weighted by molar-refractivity contribution is -0.121. The number of hydrogen-bond acceptors (Lipinski definition) is 3. The van der Waals surface area contributed by atoms with Crippen LogP contribution in [0.2, 0.25) is 0 Å². The first kappa shape index (κ1) is 17.6. The Morgan fingerprint density at radius 2 is 2.20 bits per heavy atom. The first-order chi connectivity index (χ1) is 12.0. The predicted molar refractivity (Wildman–Crippen MR) is 92.4 cm³/mol. The molecule has 6 heteroatoms. The molecule has 0 aliphatic heterocycles. The van der Waals surface area contributed by atoms with E-state index in [2.05, 4.69) is 15.5 Å². The number of aromatic nitrogens is 2. The average Bonchev–Trinajstić information content (AvgIpc) is 3.14. The molecule has 0 bridgehead atoms. The quantitative estimate of drug-likeness (QED) is 0.752. The number of nitrogens with one attached hydrogen (secondary N) is 2. The molecular formula is C19H24FN3O2. The van der Waals surface area contributed by atoms with E-state index in [0.717, 1.165) is 30.5 Å². The van der Waals surface area contributed by atoms with Crippen LogP contribution < -0.4 is 5.32 Å². The van der Waals surface area contributed by atoms with Crippen LogP contribution in [-0.2, 0) is 17.6 Å². The molecule has 2 atom stereocenters. The summed E-state index contributed by atoms with van der Waals surface area (Å²) in [5, 5.41) is 20.4. The molecule has 0 spiro atoms. The number of carbonyl (C=O) groups is 1. The number of aromatic amines is 1. The molecule has 1 amide bonds. The Balaban J connectivity index is 1.64. The molecule has 134 valence electrons. The Kier molecular flexibility index (Phi) is 5.18. The fraction of sp³-hybridized carbons (Fsp3) is 0.474. The summed E-state index contributed by atoms with van der Waals surface area (Å²) in [7, 11) is 0. The van der Waals surface area contributed by atoms with Gasteiger partial charge in [0.15, 0.2) is 0 Å².